The van der Waals surface area contributed by atoms with Gasteiger partial charge in [0.25, 0.3) is 5.91 Å². The predicted octanol–water partition coefficient (Wildman–Crippen LogP) is 2.41. The molecule has 0 radical (unpaired) electrons. The van der Waals surface area contributed by atoms with Gasteiger partial charge in [-0.15, -0.1) is 0 Å². The number of carbonyl (C=O) groups excluding carboxylic acids is 1. The number of hydrogen-bond acceptors (Lipinski definition) is 4. The largest absolute Gasteiger partial charge is 0.378 e. The van der Waals surface area contributed by atoms with E-state index in [-0.39, 0.29) is 10.8 Å². The van der Waals surface area contributed by atoms with Crippen LogP contribution in [0.25, 0.3) is 0 Å². The Morgan fingerprint density at radius 3 is 2.23 bits per heavy atom. The summed E-state index contributed by atoms with van der Waals surface area (Å²) in [6, 6.07) is 13.3. The Morgan fingerprint density at radius 2 is 1.68 bits per heavy atom. The lowest BCUT2D eigenvalue weighted by atomic mass is 10.1. The molecule has 2 rings (SSSR count). The number of hydrogen-bond donors (Lipinski definition) is 1. The fourth-order valence-electron chi connectivity index (χ4n) is 1.91. The van der Waals surface area contributed by atoms with Crippen molar-refractivity contribution in [3.63, 3.8) is 0 Å². The SMILES string of the molecule is CN(C)c1cccc(C(=O)Nc2ccc(S(C)(=O)=O)cc2)c1. The summed E-state index contributed by atoms with van der Waals surface area (Å²) in [5.41, 5.74) is 2.02. The minimum absolute atomic E-state index is 0.222. The molecule has 1 N–H and O–H groups in total. The van der Waals surface area contributed by atoms with Crippen LogP contribution in [-0.4, -0.2) is 34.7 Å². The van der Waals surface area contributed by atoms with Crippen LogP contribution in [0.15, 0.2) is 53.4 Å². The minimum atomic E-state index is -3.23. The number of rotatable bonds is 4. The van der Waals surface area contributed by atoms with Gasteiger partial charge in [-0.1, -0.05) is 6.07 Å². The lowest BCUT2D eigenvalue weighted by Gasteiger charge is -2.13. The number of sulfone groups is 1. The highest BCUT2D eigenvalue weighted by atomic mass is 32.2. The fraction of sp³-hybridized carbons (Fsp3) is 0.188. The first-order chi connectivity index (χ1) is 10.3. The van der Waals surface area contributed by atoms with E-state index in [0.717, 1.165) is 11.9 Å². The van der Waals surface area contributed by atoms with Crippen molar-refractivity contribution >= 4 is 27.1 Å². The molecule has 0 aliphatic carbocycles. The molecule has 0 aliphatic heterocycles. The van der Waals surface area contributed by atoms with Crippen LogP contribution in [0.3, 0.4) is 0 Å². The van der Waals surface area contributed by atoms with Crippen molar-refractivity contribution in [2.45, 2.75) is 4.90 Å². The molecule has 0 aromatic heterocycles. The Labute approximate surface area is 130 Å². The molecule has 0 aliphatic rings. The third kappa shape index (κ3) is 3.85. The van der Waals surface area contributed by atoms with Gasteiger partial charge < -0.3 is 10.2 Å². The number of anilines is 2. The molecule has 116 valence electrons. The Bertz CT molecular complexity index is 781. The van der Waals surface area contributed by atoms with Gasteiger partial charge in [-0.05, 0) is 42.5 Å². The van der Waals surface area contributed by atoms with Crippen molar-refractivity contribution in [1.29, 1.82) is 0 Å². The summed E-state index contributed by atoms with van der Waals surface area (Å²) in [6.07, 6.45) is 1.15. The third-order valence-corrected chi connectivity index (χ3v) is 4.29. The molecule has 2 aromatic carbocycles. The van der Waals surface area contributed by atoms with Gasteiger partial charge >= 0.3 is 0 Å². The summed E-state index contributed by atoms with van der Waals surface area (Å²) in [4.78, 5) is 14.4. The van der Waals surface area contributed by atoms with Crippen molar-refractivity contribution in [2.75, 3.05) is 30.6 Å². The second-order valence-corrected chi connectivity index (χ2v) is 7.21. The number of carbonyl (C=O) groups is 1. The molecule has 0 unspecified atom stereocenters. The quantitative estimate of drug-likeness (QED) is 0.940. The first-order valence-electron chi connectivity index (χ1n) is 6.66. The van der Waals surface area contributed by atoms with Crippen LogP contribution in [0.5, 0.6) is 0 Å². The second kappa shape index (κ2) is 6.19. The van der Waals surface area contributed by atoms with Crippen molar-refractivity contribution in [3.05, 3.63) is 54.1 Å². The van der Waals surface area contributed by atoms with Crippen molar-refractivity contribution < 1.29 is 13.2 Å². The van der Waals surface area contributed by atoms with E-state index >= 15 is 0 Å². The molecule has 0 saturated carbocycles. The normalized spacial score (nSPS) is 11.0. The molecule has 6 heteroatoms. The van der Waals surface area contributed by atoms with E-state index in [2.05, 4.69) is 5.32 Å². The highest BCUT2D eigenvalue weighted by Gasteiger charge is 2.09. The number of nitrogens with one attached hydrogen (secondary N) is 1. The predicted molar refractivity (Wildman–Crippen MR) is 88.3 cm³/mol. The number of benzene rings is 2. The molecule has 0 heterocycles. The Morgan fingerprint density at radius 1 is 1.05 bits per heavy atom. The number of amides is 1. The maximum atomic E-state index is 12.2. The van der Waals surface area contributed by atoms with Gasteiger partial charge in [-0.3, -0.25) is 4.79 Å². The first-order valence-corrected chi connectivity index (χ1v) is 8.55. The van der Waals surface area contributed by atoms with Crippen molar-refractivity contribution in [2.24, 2.45) is 0 Å². The van der Waals surface area contributed by atoms with Crippen LogP contribution < -0.4 is 10.2 Å². The van der Waals surface area contributed by atoms with Gasteiger partial charge in [0.15, 0.2) is 9.84 Å². The summed E-state index contributed by atoms with van der Waals surface area (Å²) >= 11 is 0. The highest BCUT2D eigenvalue weighted by Crippen LogP contribution is 2.17. The van der Waals surface area contributed by atoms with E-state index in [1.54, 1.807) is 24.3 Å². The smallest absolute Gasteiger partial charge is 0.255 e. The maximum Gasteiger partial charge on any atom is 0.255 e. The van der Waals surface area contributed by atoms with Crippen LogP contribution in [0.2, 0.25) is 0 Å². The van der Waals surface area contributed by atoms with Gasteiger partial charge in [-0.25, -0.2) is 8.42 Å². The molecular weight excluding hydrogens is 300 g/mol. The Hall–Kier alpha value is -2.34. The average Bonchev–Trinajstić information content (AvgIpc) is 2.47. The van der Waals surface area contributed by atoms with Crippen molar-refractivity contribution in [1.82, 2.24) is 0 Å². The van der Waals surface area contributed by atoms with E-state index in [1.165, 1.54) is 12.1 Å². The van der Waals surface area contributed by atoms with Gasteiger partial charge in [-0.2, -0.15) is 0 Å². The average molecular weight is 318 g/mol. The van der Waals surface area contributed by atoms with Gasteiger partial charge in [0.2, 0.25) is 0 Å². The summed E-state index contributed by atoms with van der Waals surface area (Å²) < 4.78 is 22.8. The highest BCUT2D eigenvalue weighted by molar-refractivity contribution is 7.90. The zero-order valence-electron chi connectivity index (χ0n) is 12.7. The third-order valence-electron chi connectivity index (χ3n) is 3.17. The Kier molecular flexibility index (Phi) is 4.51. The number of nitrogens with zero attached hydrogens (tertiary/aromatic N) is 1. The molecular formula is C16H18N2O3S. The van der Waals surface area contributed by atoms with Crippen LogP contribution in [0.1, 0.15) is 10.4 Å². The summed E-state index contributed by atoms with van der Waals surface area (Å²) in [6.45, 7) is 0. The monoisotopic (exact) mass is 318 g/mol. The standard InChI is InChI=1S/C16H18N2O3S/c1-18(2)14-6-4-5-12(11-14)16(19)17-13-7-9-15(10-8-13)22(3,20)21/h4-11H,1-3H3,(H,17,19). The minimum Gasteiger partial charge on any atom is -0.378 e. The van der Waals surface area contributed by atoms with E-state index in [1.807, 2.05) is 31.1 Å². The molecule has 1 amide bonds. The molecule has 0 spiro atoms. The van der Waals surface area contributed by atoms with Gasteiger partial charge in [0.1, 0.15) is 0 Å². The topological polar surface area (TPSA) is 66.5 Å². The molecule has 5 nitrogen and oxygen atoms in total. The van der Waals surface area contributed by atoms with E-state index in [9.17, 15) is 13.2 Å². The fourth-order valence-corrected chi connectivity index (χ4v) is 2.54. The lowest BCUT2D eigenvalue weighted by molar-refractivity contribution is 0.102. The Balaban J connectivity index is 2.17. The molecule has 0 bridgehead atoms. The second-order valence-electron chi connectivity index (χ2n) is 5.20. The first kappa shape index (κ1) is 16.0. The summed E-state index contributed by atoms with van der Waals surface area (Å²) in [7, 11) is 0.574. The molecule has 22 heavy (non-hydrogen) atoms. The van der Waals surface area contributed by atoms with Crippen molar-refractivity contribution in [3.8, 4) is 0 Å². The summed E-state index contributed by atoms with van der Waals surface area (Å²) in [5, 5.41) is 2.75. The van der Waals surface area contributed by atoms with E-state index in [0.29, 0.717) is 11.3 Å². The maximum absolute atomic E-state index is 12.2. The van der Waals surface area contributed by atoms with E-state index in [4.69, 9.17) is 0 Å². The van der Waals surface area contributed by atoms with Gasteiger partial charge in [0, 0.05) is 37.3 Å². The van der Waals surface area contributed by atoms with Crippen LogP contribution in [0, 0.1) is 0 Å². The van der Waals surface area contributed by atoms with Gasteiger partial charge in [0.05, 0.1) is 4.90 Å². The zero-order valence-corrected chi connectivity index (χ0v) is 13.5. The molecule has 0 atom stereocenters. The zero-order chi connectivity index (χ0) is 16.3. The molecule has 0 fully saturated rings. The van der Waals surface area contributed by atoms with E-state index < -0.39 is 9.84 Å². The van der Waals surface area contributed by atoms with Crippen LogP contribution >= 0.6 is 0 Å². The summed E-state index contributed by atoms with van der Waals surface area (Å²) in [5.74, 6) is -0.240. The molecule has 0 saturated heterocycles. The lowest BCUT2D eigenvalue weighted by Crippen LogP contribution is -2.14. The van der Waals surface area contributed by atoms with Crippen LogP contribution in [-0.2, 0) is 9.84 Å². The van der Waals surface area contributed by atoms with Crippen LogP contribution in [0.4, 0.5) is 11.4 Å². The molecule has 2 aromatic rings.